The summed E-state index contributed by atoms with van der Waals surface area (Å²) in [5.41, 5.74) is 2.29. The maximum Gasteiger partial charge on any atom is 0.124 e. The van der Waals surface area contributed by atoms with E-state index < -0.39 is 0 Å². The van der Waals surface area contributed by atoms with E-state index in [1.807, 2.05) is 25.2 Å². The molecule has 0 fully saturated rings. The highest BCUT2D eigenvalue weighted by atomic mass is 79.9. The molecule has 0 saturated heterocycles. The van der Waals surface area contributed by atoms with Crippen molar-refractivity contribution in [1.82, 2.24) is 5.32 Å². The van der Waals surface area contributed by atoms with Gasteiger partial charge in [0.15, 0.2) is 0 Å². The van der Waals surface area contributed by atoms with E-state index in [-0.39, 0.29) is 11.9 Å². The molecule has 0 radical (unpaired) electrons. The maximum absolute atomic E-state index is 13.1. The van der Waals surface area contributed by atoms with Crippen LogP contribution in [0.3, 0.4) is 0 Å². The van der Waals surface area contributed by atoms with E-state index in [9.17, 15) is 4.39 Å². The number of hydrogen-bond donors (Lipinski definition) is 1. The fourth-order valence-electron chi connectivity index (χ4n) is 2.05. The number of halogens is 3. The molecule has 0 aliphatic rings. The number of benzene rings is 2. The largest absolute Gasteiger partial charge is 0.313 e. The first-order valence-electron chi connectivity index (χ1n) is 5.97. The number of likely N-dealkylation sites (N-methyl/N-ethyl adjacent to an activating group) is 1. The van der Waals surface area contributed by atoms with E-state index in [0.29, 0.717) is 0 Å². The third-order valence-electron chi connectivity index (χ3n) is 3.02. The number of rotatable bonds is 4. The minimum absolute atomic E-state index is 0.143. The van der Waals surface area contributed by atoms with Gasteiger partial charge >= 0.3 is 0 Å². The standard InChI is InChI=1S/C15H14Br2FN/c1-19-15(8-10-3-2-4-11(16)7-10)13-6-5-12(18)9-14(13)17/h2-7,9,15,19H,8H2,1H3. The zero-order valence-corrected chi connectivity index (χ0v) is 13.6. The molecule has 2 aromatic carbocycles. The van der Waals surface area contributed by atoms with Crippen LogP contribution < -0.4 is 5.32 Å². The Morgan fingerprint density at radius 1 is 1.16 bits per heavy atom. The van der Waals surface area contributed by atoms with E-state index in [2.05, 4.69) is 49.3 Å². The Hall–Kier alpha value is -0.710. The Labute approximate surface area is 129 Å². The Kier molecular flexibility index (Phi) is 5.13. The molecule has 1 nitrogen and oxygen atoms in total. The summed E-state index contributed by atoms with van der Waals surface area (Å²) in [4.78, 5) is 0. The lowest BCUT2D eigenvalue weighted by Crippen LogP contribution is -2.19. The molecule has 1 unspecified atom stereocenters. The van der Waals surface area contributed by atoms with Crippen LogP contribution in [0.15, 0.2) is 51.4 Å². The van der Waals surface area contributed by atoms with Crippen molar-refractivity contribution in [3.63, 3.8) is 0 Å². The van der Waals surface area contributed by atoms with Gasteiger partial charge in [-0.15, -0.1) is 0 Å². The first-order valence-corrected chi connectivity index (χ1v) is 7.55. The van der Waals surface area contributed by atoms with Crippen LogP contribution in [0.5, 0.6) is 0 Å². The van der Waals surface area contributed by atoms with Gasteiger partial charge in [0.1, 0.15) is 5.82 Å². The van der Waals surface area contributed by atoms with Crippen molar-refractivity contribution in [2.45, 2.75) is 12.5 Å². The SMILES string of the molecule is CNC(Cc1cccc(Br)c1)c1ccc(F)cc1Br. The van der Waals surface area contributed by atoms with Gasteiger partial charge in [0.05, 0.1) is 0 Å². The van der Waals surface area contributed by atoms with E-state index in [0.717, 1.165) is 20.9 Å². The molecule has 0 amide bonds. The predicted octanol–water partition coefficient (Wildman–Crippen LogP) is 4.85. The fraction of sp³-hybridized carbons (Fsp3) is 0.200. The Balaban J connectivity index is 2.25. The zero-order valence-electron chi connectivity index (χ0n) is 10.5. The van der Waals surface area contributed by atoms with Crippen molar-refractivity contribution < 1.29 is 4.39 Å². The summed E-state index contributed by atoms with van der Waals surface area (Å²) in [6.07, 6.45) is 0.847. The van der Waals surface area contributed by atoms with Crippen LogP contribution in [0, 0.1) is 5.82 Å². The second-order valence-corrected chi connectivity index (χ2v) is 6.11. The van der Waals surface area contributed by atoms with Crippen molar-refractivity contribution in [2.75, 3.05) is 7.05 Å². The van der Waals surface area contributed by atoms with Gasteiger partial charge in [0.2, 0.25) is 0 Å². The minimum Gasteiger partial charge on any atom is -0.313 e. The maximum atomic E-state index is 13.1. The van der Waals surface area contributed by atoms with Gasteiger partial charge in [-0.25, -0.2) is 4.39 Å². The molecule has 19 heavy (non-hydrogen) atoms. The lowest BCUT2D eigenvalue weighted by atomic mass is 9.99. The van der Waals surface area contributed by atoms with Crippen molar-refractivity contribution in [1.29, 1.82) is 0 Å². The second kappa shape index (κ2) is 6.64. The zero-order chi connectivity index (χ0) is 13.8. The first-order chi connectivity index (χ1) is 9.10. The van der Waals surface area contributed by atoms with Gasteiger partial charge in [0, 0.05) is 15.0 Å². The predicted molar refractivity (Wildman–Crippen MR) is 83.7 cm³/mol. The fourth-order valence-corrected chi connectivity index (χ4v) is 3.13. The van der Waals surface area contributed by atoms with Crippen LogP contribution in [0.25, 0.3) is 0 Å². The Bertz CT molecular complexity index is 572. The third kappa shape index (κ3) is 3.88. The molecule has 100 valence electrons. The van der Waals surface area contributed by atoms with Crippen LogP contribution >= 0.6 is 31.9 Å². The van der Waals surface area contributed by atoms with Crippen LogP contribution in [-0.4, -0.2) is 7.05 Å². The van der Waals surface area contributed by atoms with Gasteiger partial charge in [-0.1, -0.05) is 50.1 Å². The van der Waals surface area contributed by atoms with Crippen molar-refractivity contribution in [3.05, 3.63) is 68.4 Å². The molecular formula is C15H14Br2FN. The normalized spacial score (nSPS) is 12.4. The van der Waals surface area contributed by atoms with Gasteiger partial charge in [0.25, 0.3) is 0 Å². The summed E-state index contributed by atoms with van der Waals surface area (Å²) in [6.45, 7) is 0. The quantitative estimate of drug-likeness (QED) is 0.791. The molecule has 1 N–H and O–H groups in total. The highest BCUT2D eigenvalue weighted by Gasteiger charge is 2.14. The summed E-state index contributed by atoms with van der Waals surface area (Å²) in [5.74, 6) is -0.229. The van der Waals surface area contributed by atoms with Crippen molar-refractivity contribution in [3.8, 4) is 0 Å². The average Bonchev–Trinajstić information content (AvgIpc) is 2.37. The summed E-state index contributed by atoms with van der Waals surface area (Å²) >= 11 is 6.90. The van der Waals surface area contributed by atoms with Crippen LogP contribution in [0.4, 0.5) is 4.39 Å². The first kappa shape index (κ1) is 14.7. The molecule has 2 aromatic rings. The van der Waals surface area contributed by atoms with Crippen molar-refractivity contribution >= 4 is 31.9 Å². The van der Waals surface area contributed by atoms with Gasteiger partial charge < -0.3 is 5.32 Å². The Morgan fingerprint density at radius 2 is 1.95 bits per heavy atom. The molecule has 2 rings (SSSR count). The molecule has 0 aliphatic carbocycles. The summed E-state index contributed by atoms with van der Waals surface area (Å²) in [7, 11) is 1.92. The van der Waals surface area contributed by atoms with Crippen LogP contribution in [0.1, 0.15) is 17.2 Å². The van der Waals surface area contributed by atoms with Crippen LogP contribution in [-0.2, 0) is 6.42 Å². The van der Waals surface area contributed by atoms with Crippen LogP contribution in [0.2, 0.25) is 0 Å². The smallest absolute Gasteiger partial charge is 0.124 e. The molecular weight excluding hydrogens is 373 g/mol. The molecule has 1 atom stereocenters. The van der Waals surface area contributed by atoms with E-state index in [4.69, 9.17) is 0 Å². The van der Waals surface area contributed by atoms with E-state index in [1.54, 1.807) is 0 Å². The van der Waals surface area contributed by atoms with Crippen molar-refractivity contribution in [2.24, 2.45) is 0 Å². The minimum atomic E-state index is -0.229. The van der Waals surface area contributed by atoms with E-state index in [1.165, 1.54) is 17.7 Å². The summed E-state index contributed by atoms with van der Waals surface area (Å²) in [5, 5.41) is 3.28. The molecule has 4 heteroatoms. The highest BCUT2D eigenvalue weighted by Crippen LogP contribution is 2.27. The lowest BCUT2D eigenvalue weighted by molar-refractivity contribution is 0.583. The third-order valence-corrected chi connectivity index (χ3v) is 4.20. The monoisotopic (exact) mass is 385 g/mol. The van der Waals surface area contributed by atoms with Gasteiger partial charge in [-0.2, -0.15) is 0 Å². The summed E-state index contributed by atoms with van der Waals surface area (Å²) < 4.78 is 15.0. The molecule has 0 aromatic heterocycles. The topological polar surface area (TPSA) is 12.0 Å². The molecule has 0 saturated carbocycles. The Morgan fingerprint density at radius 3 is 2.58 bits per heavy atom. The molecule has 0 spiro atoms. The lowest BCUT2D eigenvalue weighted by Gasteiger charge is -2.18. The summed E-state index contributed by atoms with van der Waals surface area (Å²) in [6, 6.07) is 13.2. The highest BCUT2D eigenvalue weighted by molar-refractivity contribution is 9.10. The van der Waals surface area contributed by atoms with E-state index >= 15 is 0 Å². The van der Waals surface area contributed by atoms with Gasteiger partial charge in [-0.3, -0.25) is 0 Å². The van der Waals surface area contributed by atoms with Gasteiger partial charge in [-0.05, 0) is 48.9 Å². The number of hydrogen-bond acceptors (Lipinski definition) is 1. The average molecular weight is 387 g/mol. The number of nitrogens with one attached hydrogen (secondary N) is 1. The molecule has 0 heterocycles. The molecule has 0 aliphatic heterocycles. The molecule has 0 bridgehead atoms. The second-order valence-electron chi connectivity index (χ2n) is 4.34.